The number of thiophene rings is 1. The van der Waals surface area contributed by atoms with E-state index in [0.29, 0.717) is 37.1 Å². The first kappa shape index (κ1) is 24.9. The van der Waals surface area contributed by atoms with Crippen molar-refractivity contribution in [3.05, 3.63) is 75.9 Å². The third-order valence-electron chi connectivity index (χ3n) is 6.83. The maximum Gasteiger partial charge on any atom is 0.416 e. The van der Waals surface area contributed by atoms with Crippen LogP contribution in [0, 0.1) is 5.92 Å². The highest BCUT2D eigenvalue weighted by molar-refractivity contribution is 8.14. The van der Waals surface area contributed by atoms with E-state index in [4.69, 9.17) is 0 Å². The van der Waals surface area contributed by atoms with Gasteiger partial charge in [0.2, 0.25) is 5.91 Å². The monoisotopic (exact) mass is 554 g/mol. The summed E-state index contributed by atoms with van der Waals surface area (Å²) in [6.07, 6.45) is -0.618. The lowest BCUT2D eigenvalue weighted by Crippen LogP contribution is -2.33. The van der Waals surface area contributed by atoms with Gasteiger partial charge in [-0.2, -0.15) is 13.2 Å². The molecule has 2 aromatic carbocycles. The van der Waals surface area contributed by atoms with Crippen LogP contribution in [0.15, 0.2) is 53.7 Å². The Bertz CT molecular complexity index is 1580. The number of thioether (sulfide) groups is 1. The number of hydrogen-bond acceptors (Lipinski definition) is 7. The van der Waals surface area contributed by atoms with Crippen LogP contribution in [0.1, 0.15) is 33.6 Å². The van der Waals surface area contributed by atoms with E-state index >= 15 is 0 Å². The molecule has 1 aliphatic heterocycles. The van der Waals surface area contributed by atoms with Crippen LogP contribution >= 0.6 is 23.1 Å². The topological polar surface area (TPSA) is 84.0 Å². The van der Waals surface area contributed by atoms with E-state index in [0.717, 1.165) is 48.9 Å². The molecule has 0 bridgehead atoms. The van der Waals surface area contributed by atoms with Gasteiger partial charge in [-0.15, -0.1) is 11.3 Å². The zero-order valence-electron chi connectivity index (χ0n) is 19.9. The van der Waals surface area contributed by atoms with Gasteiger partial charge in [-0.05, 0) is 60.2 Å². The van der Waals surface area contributed by atoms with Gasteiger partial charge < -0.3 is 10.6 Å². The van der Waals surface area contributed by atoms with E-state index in [9.17, 15) is 22.8 Å². The molecule has 6 rings (SSSR count). The number of benzene rings is 2. The van der Waals surface area contributed by atoms with Crippen molar-refractivity contribution in [1.29, 1.82) is 0 Å². The molecule has 1 amide bonds. The Kier molecular flexibility index (Phi) is 6.35. The summed E-state index contributed by atoms with van der Waals surface area (Å²) < 4.78 is 39.0. The summed E-state index contributed by atoms with van der Waals surface area (Å²) in [6, 6.07) is 10.9. The first-order valence-electron chi connectivity index (χ1n) is 12.0. The molecule has 1 atom stereocenters. The van der Waals surface area contributed by atoms with Gasteiger partial charge in [0.25, 0.3) is 0 Å². The van der Waals surface area contributed by atoms with Crippen LogP contribution in [0.4, 0.5) is 24.7 Å². The normalized spacial score (nSPS) is 16.8. The van der Waals surface area contributed by atoms with Gasteiger partial charge in [0.1, 0.15) is 17.0 Å². The number of fused-ring (bicyclic) bond motifs is 4. The van der Waals surface area contributed by atoms with Gasteiger partial charge >= 0.3 is 6.18 Å². The predicted octanol–water partition coefficient (Wildman–Crippen LogP) is 6.05. The summed E-state index contributed by atoms with van der Waals surface area (Å²) in [6.45, 7) is 0.0444. The average molecular weight is 555 g/mol. The first-order valence-corrected chi connectivity index (χ1v) is 13.7. The molecule has 0 saturated heterocycles. The molecule has 6 nitrogen and oxygen atoms in total. The fourth-order valence-electron chi connectivity index (χ4n) is 4.94. The number of nitrogens with one attached hydrogen (secondary N) is 2. The summed E-state index contributed by atoms with van der Waals surface area (Å²) in [5, 5.41) is 7.28. The molecule has 3 heterocycles. The van der Waals surface area contributed by atoms with Crippen LogP contribution in [0.5, 0.6) is 0 Å². The fraction of sp³-hybridized carbons (Fsp3) is 0.259. The van der Waals surface area contributed by atoms with Gasteiger partial charge in [0.15, 0.2) is 5.12 Å². The van der Waals surface area contributed by atoms with Crippen molar-refractivity contribution in [2.24, 2.45) is 5.92 Å². The number of rotatable bonds is 5. The number of hydrogen-bond donors (Lipinski definition) is 2. The highest BCUT2D eigenvalue weighted by Crippen LogP contribution is 2.41. The summed E-state index contributed by atoms with van der Waals surface area (Å²) in [5.74, 6) is 0.256. The molecule has 2 aromatic heterocycles. The van der Waals surface area contributed by atoms with Gasteiger partial charge in [-0.3, -0.25) is 9.59 Å². The minimum Gasteiger partial charge on any atom is -0.352 e. The third-order valence-corrected chi connectivity index (χ3v) is 8.96. The zero-order chi connectivity index (χ0) is 26.4. The Morgan fingerprint density at radius 2 is 2.00 bits per heavy atom. The number of alkyl halides is 3. The SMILES string of the molecule is O=C1Cc2ccc(Nc3ncnc4sc5c(c34)CCC(C(=O)NCc3cccc(C(F)(F)F)c3)C5)cc2S1. The van der Waals surface area contributed by atoms with Crippen molar-refractivity contribution in [2.45, 2.75) is 43.3 Å². The Morgan fingerprint density at radius 3 is 2.84 bits per heavy atom. The molecule has 2 N–H and O–H groups in total. The Balaban J connectivity index is 1.17. The molecule has 2 aliphatic rings. The predicted molar refractivity (Wildman–Crippen MR) is 141 cm³/mol. The fourth-order valence-corrected chi connectivity index (χ4v) is 7.14. The Morgan fingerprint density at radius 1 is 1.13 bits per heavy atom. The van der Waals surface area contributed by atoms with Crippen LogP contribution < -0.4 is 10.6 Å². The second-order valence-corrected chi connectivity index (χ2v) is 11.5. The highest BCUT2D eigenvalue weighted by atomic mass is 32.2. The number of carbonyl (C=O) groups excluding carboxylic acids is 2. The number of nitrogens with zero attached hydrogens (tertiary/aromatic N) is 2. The molecule has 194 valence electrons. The molecule has 4 aromatic rings. The van der Waals surface area contributed by atoms with Crippen LogP contribution in [0.3, 0.4) is 0 Å². The lowest BCUT2D eigenvalue weighted by Gasteiger charge is -2.22. The Hall–Kier alpha value is -3.44. The molecule has 0 spiro atoms. The standard InChI is InChI=1S/C27H21F3N4O2S2/c28-27(29,30)17-3-1-2-14(8-17)12-31-25(36)16-5-7-19-21(9-16)38-26-23(19)24(32-13-33-26)34-18-6-4-15-10-22(35)37-20(15)11-18/h1-4,6,8,11,13,16H,5,7,9-10,12H2,(H,31,36)(H,32,33,34). The van der Waals surface area contributed by atoms with E-state index in [1.165, 1.54) is 24.2 Å². The summed E-state index contributed by atoms with van der Waals surface area (Å²) in [7, 11) is 0. The quantitative estimate of drug-likeness (QED) is 0.313. The number of carbonyl (C=O) groups is 2. The van der Waals surface area contributed by atoms with Crippen LogP contribution in [0.2, 0.25) is 0 Å². The number of halogens is 3. The summed E-state index contributed by atoms with van der Waals surface area (Å²) in [5.41, 5.74) is 2.68. The van der Waals surface area contributed by atoms with Gasteiger partial charge in [-0.1, -0.05) is 30.0 Å². The van der Waals surface area contributed by atoms with E-state index in [1.54, 1.807) is 17.4 Å². The highest BCUT2D eigenvalue weighted by Gasteiger charge is 2.31. The minimum atomic E-state index is -4.42. The van der Waals surface area contributed by atoms with E-state index in [2.05, 4.69) is 20.6 Å². The first-order chi connectivity index (χ1) is 18.2. The lowest BCUT2D eigenvalue weighted by molar-refractivity contribution is -0.137. The smallest absolute Gasteiger partial charge is 0.352 e. The molecule has 1 aliphatic carbocycles. The molecule has 0 saturated carbocycles. The molecule has 38 heavy (non-hydrogen) atoms. The second kappa shape index (κ2) is 9.70. The van der Waals surface area contributed by atoms with Gasteiger partial charge in [-0.25, -0.2) is 9.97 Å². The molecule has 0 fully saturated rings. The summed E-state index contributed by atoms with van der Waals surface area (Å²) in [4.78, 5) is 36.5. The minimum absolute atomic E-state index is 0.0444. The van der Waals surface area contributed by atoms with Crippen molar-refractivity contribution >= 4 is 55.8 Å². The molecule has 11 heteroatoms. The number of anilines is 2. The lowest BCUT2D eigenvalue weighted by atomic mass is 9.87. The van der Waals surface area contributed by atoms with Gasteiger partial charge in [0.05, 0.1) is 10.9 Å². The Labute approximate surface area is 224 Å². The molecular weight excluding hydrogens is 533 g/mol. The van der Waals surface area contributed by atoms with Crippen LogP contribution in [-0.2, 0) is 41.6 Å². The average Bonchev–Trinajstić information content (AvgIpc) is 3.46. The number of aromatic nitrogens is 2. The summed E-state index contributed by atoms with van der Waals surface area (Å²) >= 11 is 2.79. The number of amides is 1. The van der Waals surface area contributed by atoms with Crippen LogP contribution in [-0.4, -0.2) is 21.0 Å². The second-order valence-electron chi connectivity index (χ2n) is 9.36. The molecule has 0 radical (unpaired) electrons. The maximum atomic E-state index is 13.0. The van der Waals surface area contributed by atoms with Crippen molar-refractivity contribution in [3.8, 4) is 0 Å². The zero-order valence-corrected chi connectivity index (χ0v) is 21.5. The molecular formula is C27H21F3N4O2S2. The van der Waals surface area contributed by atoms with E-state index in [-0.39, 0.29) is 23.5 Å². The van der Waals surface area contributed by atoms with Crippen molar-refractivity contribution in [3.63, 3.8) is 0 Å². The van der Waals surface area contributed by atoms with Crippen molar-refractivity contribution in [1.82, 2.24) is 15.3 Å². The van der Waals surface area contributed by atoms with Gasteiger partial charge in [0, 0.05) is 34.3 Å². The molecule has 1 unspecified atom stereocenters. The van der Waals surface area contributed by atoms with E-state index < -0.39 is 11.7 Å². The van der Waals surface area contributed by atoms with E-state index in [1.807, 2.05) is 18.2 Å². The number of aryl methyl sites for hydroxylation is 1. The third kappa shape index (κ3) is 4.88. The van der Waals surface area contributed by atoms with Crippen molar-refractivity contribution < 1.29 is 22.8 Å². The van der Waals surface area contributed by atoms with Crippen LogP contribution in [0.25, 0.3) is 10.2 Å². The maximum absolute atomic E-state index is 13.0. The largest absolute Gasteiger partial charge is 0.416 e. The van der Waals surface area contributed by atoms with Crippen molar-refractivity contribution in [2.75, 3.05) is 5.32 Å².